The third-order valence-electron chi connectivity index (χ3n) is 3.74. The highest BCUT2D eigenvalue weighted by molar-refractivity contribution is 5.97. The van der Waals surface area contributed by atoms with Crippen molar-refractivity contribution in [2.45, 2.75) is 19.8 Å². The molecule has 1 aromatic heterocycles. The minimum atomic E-state index is -0.582. The van der Waals surface area contributed by atoms with E-state index in [1.807, 2.05) is 0 Å². The summed E-state index contributed by atoms with van der Waals surface area (Å²) in [6, 6.07) is 4.46. The van der Waals surface area contributed by atoms with Crippen LogP contribution in [0.4, 0.5) is 23.0 Å². The molecule has 9 nitrogen and oxygen atoms in total. The molecule has 0 unspecified atom stereocenters. The molecule has 4 N–H and O–H groups in total. The number of esters is 2. The fourth-order valence-corrected chi connectivity index (χ4v) is 2.33. The van der Waals surface area contributed by atoms with Gasteiger partial charge in [-0.15, -0.1) is 0 Å². The number of carbonyl (C=O) groups is 2. The number of nitrogens with two attached hydrogens (primary N) is 1. The van der Waals surface area contributed by atoms with Crippen molar-refractivity contribution in [3.8, 4) is 0 Å². The van der Waals surface area contributed by atoms with E-state index in [9.17, 15) is 9.59 Å². The molecule has 0 aliphatic rings. The van der Waals surface area contributed by atoms with Crippen LogP contribution in [0.5, 0.6) is 0 Å². The largest absolute Gasteiger partial charge is 0.465 e. The second-order valence-corrected chi connectivity index (χ2v) is 5.67. The van der Waals surface area contributed by atoms with Crippen LogP contribution in [-0.2, 0) is 9.47 Å². The van der Waals surface area contributed by atoms with Gasteiger partial charge in [-0.05, 0) is 24.6 Å². The van der Waals surface area contributed by atoms with Gasteiger partial charge in [0.15, 0.2) is 11.6 Å². The van der Waals surface area contributed by atoms with E-state index < -0.39 is 11.9 Å². The molecule has 9 heteroatoms. The predicted octanol–water partition coefficient (Wildman–Crippen LogP) is 2.59. The van der Waals surface area contributed by atoms with Gasteiger partial charge in [-0.2, -0.15) is 0 Å². The van der Waals surface area contributed by atoms with Crippen molar-refractivity contribution in [1.29, 1.82) is 0 Å². The van der Waals surface area contributed by atoms with Gasteiger partial charge in [-0.1, -0.05) is 13.3 Å². The lowest BCUT2D eigenvalue weighted by Gasteiger charge is -2.13. The second kappa shape index (κ2) is 9.37. The highest BCUT2D eigenvalue weighted by atomic mass is 16.5. The molecule has 0 radical (unpaired) electrons. The van der Waals surface area contributed by atoms with Crippen molar-refractivity contribution in [2.24, 2.45) is 0 Å². The highest BCUT2D eigenvalue weighted by Crippen LogP contribution is 2.27. The van der Waals surface area contributed by atoms with E-state index in [0.717, 1.165) is 19.4 Å². The zero-order valence-corrected chi connectivity index (χ0v) is 15.5. The molecule has 0 aliphatic heterocycles. The number of ether oxygens (including phenoxy) is 2. The minimum absolute atomic E-state index is 0.192. The normalized spacial score (nSPS) is 10.2. The Morgan fingerprint density at radius 3 is 2.19 bits per heavy atom. The first-order chi connectivity index (χ1) is 13.0. The number of methoxy groups -OCH3 is 2. The van der Waals surface area contributed by atoms with E-state index in [0.29, 0.717) is 23.0 Å². The van der Waals surface area contributed by atoms with Crippen LogP contribution in [-0.4, -0.2) is 42.7 Å². The molecule has 0 atom stereocenters. The van der Waals surface area contributed by atoms with Crippen LogP contribution >= 0.6 is 0 Å². The maximum Gasteiger partial charge on any atom is 0.337 e. The molecular formula is C18H23N5O4. The fourth-order valence-electron chi connectivity index (χ4n) is 2.33. The molecule has 0 aliphatic carbocycles. The Hall–Kier alpha value is -3.36. The van der Waals surface area contributed by atoms with Crippen LogP contribution in [0.15, 0.2) is 24.5 Å². The lowest BCUT2D eigenvalue weighted by atomic mass is 10.1. The van der Waals surface area contributed by atoms with Crippen molar-refractivity contribution < 1.29 is 19.1 Å². The first-order valence-electron chi connectivity index (χ1n) is 8.43. The summed E-state index contributed by atoms with van der Waals surface area (Å²) in [4.78, 5) is 32.0. The summed E-state index contributed by atoms with van der Waals surface area (Å²) in [5.74, 6) is -0.303. The molecule has 0 spiro atoms. The number of nitrogen functional groups attached to an aromatic ring is 1. The van der Waals surface area contributed by atoms with Crippen molar-refractivity contribution in [3.63, 3.8) is 0 Å². The lowest BCUT2D eigenvalue weighted by molar-refractivity contribution is 0.0599. The van der Waals surface area contributed by atoms with Crippen LogP contribution in [0, 0.1) is 0 Å². The van der Waals surface area contributed by atoms with E-state index >= 15 is 0 Å². The number of hydrogen-bond donors (Lipinski definition) is 3. The van der Waals surface area contributed by atoms with Gasteiger partial charge >= 0.3 is 11.9 Å². The summed E-state index contributed by atoms with van der Waals surface area (Å²) >= 11 is 0. The maximum absolute atomic E-state index is 11.9. The van der Waals surface area contributed by atoms with Gasteiger partial charge in [0, 0.05) is 12.2 Å². The summed E-state index contributed by atoms with van der Waals surface area (Å²) in [5, 5.41) is 6.16. The molecule has 144 valence electrons. The molecular weight excluding hydrogens is 350 g/mol. The van der Waals surface area contributed by atoms with Crippen molar-refractivity contribution >= 4 is 34.9 Å². The lowest BCUT2D eigenvalue weighted by Crippen LogP contribution is -2.10. The molecule has 0 amide bonds. The standard InChI is InChI=1S/C18H23N5O4/c1-4-5-6-20-15-14(19)16(22-10-21-15)23-13-8-11(17(24)26-2)7-12(9-13)18(25)27-3/h7-10H,4-6,19H2,1-3H3,(H2,20,21,22,23). The Bertz CT molecular complexity index is 791. The van der Waals surface area contributed by atoms with Gasteiger partial charge in [0.1, 0.15) is 12.0 Å². The van der Waals surface area contributed by atoms with Crippen LogP contribution in [0.1, 0.15) is 40.5 Å². The number of hydrogen-bond acceptors (Lipinski definition) is 9. The number of nitrogens with zero attached hydrogens (tertiary/aromatic N) is 2. The van der Waals surface area contributed by atoms with Gasteiger partial charge in [0.2, 0.25) is 0 Å². The van der Waals surface area contributed by atoms with E-state index in [-0.39, 0.29) is 11.1 Å². The predicted molar refractivity (Wildman–Crippen MR) is 102 cm³/mol. The Labute approximate surface area is 157 Å². The molecule has 2 rings (SSSR count). The topological polar surface area (TPSA) is 128 Å². The number of benzene rings is 1. The van der Waals surface area contributed by atoms with E-state index in [4.69, 9.17) is 15.2 Å². The summed E-state index contributed by atoms with van der Waals surface area (Å²) in [5.41, 5.74) is 7.27. The Morgan fingerprint density at radius 1 is 1.04 bits per heavy atom. The first-order valence-corrected chi connectivity index (χ1v) is 8.43. The molecule has 27 heavy (non-hydrogen) atoms. The Morgan fingerprint density at radius 2 is 1.63 bits per heavy atom. The van der Waals surface area contributed by atoms with Crippen molar-refractivity contribution in [2.75, 3.05) is 37.1 Å². The van der Waals surface area contributed by atoms with E-state index in [2.05, 4.69) is 27.5 Å². The third-order valence-corrected chi connectivity index (χ3v) is 3.74. The first kappa shape index (κ1) is 20.0. The smallest absolute Gasteiger partial charge is 0.337 e. The van der Waals surface area contributed by atoms with Gasteiger partial charge in [-0.25, -0.2) is 19.6 Å². The van der Waals surface area contributed by atoms with E-state index in [1.54, 1.807) is 0 Å². The molecule has 0 saturated heterocycles. The number of rotatable bonds is 8. The molecule has 0 bridgehead atoms. The van der Waals surface area contributed by atoms with Gasteiger partial charge in [-0.3, -0.25) is 0 Å². The van der Waals surface area contributed by atoms with Gasteiger partial charge < -0.3 is 25.8 Å². The molecule has 1 heterocycles. The van der Waals surface area contributed by atoms with Crippen LogP contribution in [0.2, 0.25) is 0 Å². The Kier molecular flexibility index (Phi) is 6.93. The van der Waals surface area contributed by atoms with E-state index in [1.165, 1.54) is 38.7 Å². The number of nitrogens with one attached hydrogen (secondary N) is 2. The van der Waals surface area contributed by atoms with Crippen LogP contribution < -0.4 is 16.4 Å². The summed E-state index contributed by atoms with van der Waals surface area (Å²) in [6.45, 7) is 2.83. The quantitative estimate of drug-likeness (QED) is 0.472. The van der Waals surface area contributed by atoms with Gasteiger partial charge in [0.25, 0.3) is 0 Å². The summed E-state index contributed by atoms with van der Waals surface area (Å²) in [6.07, 6.45) is 3.40. The third kappa shape index (κ3) is 5.06. The molecule has 2 aromatic rings. The minimum Gasteiger partial charge on any atom is -0.465 e. The SMILES string of the molecule is CCCCNc1ncnc(Nc2cc(C(=O)OC)cc(C(=O)OC)c2)c1N. The van der Waals surface area contributed by atoms with Crippen molar-refractivity contribution in [1.82, 2.24) is 9.97 Å². The Balaban J connectivity index is 2.34. The zero-order valence-electron chi connectivity index (χ0n) is 15.5. The molecule has 0 saturated carbocycles. The van der Waals surface area contributed by atoms with Crippen LogP contribution in [0.3, 0.4) is 0 Å². The number of anilines is 4. The molecule has 1 aromatic carbocycles. The van der Waals surface area contributed by atoms with Crippen molar-refractivity contribution in [3.05, 3.63) is 35.7 Å². The van der Waals surface area contributed by atoms with Crippen LogP contribution in [0.25, 0.3) is 0 Å². The second-order valence-electron chi connectivity index (χ2n) is 5.67. The monoisotopic (exact) mass is 373 g/mol. The highest BCUT2D eigenvalue weighted by Gasteiger charge is 2.15. The number of aromatic nitrogens is 2. The average molecular weight is 373 g/mol. The van der Waals surface area contributed by atoms with Gasteiger partial charge in [0.05, 0.1) is 25.3 Å². The number of unbranched alkanes of at least 4 members (excludes halogenated alkanes) is 1. The molecule has 0 fully saturated rings. The summed E-state index contributed by atoms with van der Waals surface area (Å²) in [7, 11) is 2.52. The number of carbonyl (C=O) groups excluding carboxylic acids is 2. The summed E-state index contributed by atoms with van der Waals surface area (Å²) < 4.78 is 9.46. The average Bonchev–Trinajstić information content (AvgIpc) is 2.69. The fraction of sp³-hybridized carbons (Fsp3) is 0.333. The maximum atomic E-state index is 11.9. The zero-order chi connectivity index (χ0) is 19.8.